The van der Waals surface area contributed by atoms with Crippen LogP contribution in [0.25, 0.3) is 10.8 Å². The lowest BCUT2D eigenvalue weighted by atomic mass is 10.1. The van der Waals surface area contributed by atoms with Gasteiger partial charge in [-0.05, 0) is 31.0 Å². The number of aromatic nitrogens is 1. The fourth-order valence-corrected chi connectivity index (χ4v) is 3.28. The summed E-state index contributed by atoms with van der Waals surface area (Å²) in [6, 6.07) is 6.16. The van der Waals surface area contributed by atoms with Crippen LogP contribution in [0.15, 0.2) is 30.6 Å². The minimum absolute atomic E-state index is 0.396. The third-order valence-corrected chi connectivity index (χ3v) is 4.21. The summed E-state index contributed by atoms with van der Waals surface area (Å²) >= 11 is 0. The number of hydrogen-bond donors (Lipinski definition) is 1. The zero-order chi connectivity index (χ0) is 12.8. The van der Waals surface area contributed by atoms with Gasteiger partial charge in [-0.1, -0.05) is 0 Å². The molecule has 0 saturated carbocycles. The van der Waals surface area contributed by atoms with Crippen LogP contribution in [-0.4, -0.2) is 30.3 Å². The van der Waals surface area contributed by atoms with Gasteiger partial charge in [0, 0.05) is 47.6 Å². The maximum atomic E-state index is 6.04. The number of nitrogens with zero attached hydrogens (tertiary/aromatic N) is 2. The van der Waals surface area contributed by atoms with Gasteiger partial charge in [-0.15, -0.1) is 0 Å². The Balaban J connectivity index is 1.81. The molecular formula is C15H17N3O. The Morgan fingerprint density at radius 3 is 2.68 bits per heavy atom. The van der Waals surface area contributed by atoms with Crippen LogP contribution in [0.2, 0.25) is 0 Å². The van der Waals surface area contributed by atoms with Gasteiger partial charge in [-0.3, -0.25) is 4.98 Å². The van der Waals surface area contributed by atoms with E-state index < -0.39 is 0 Å². The highest BCUT2D eigenvalue weighted by molar-refractivity contribution is 6.00. The second-order valence-electron chi connectivity index (χ2n) is 5.46. The number of fused-ring (bicyclic) bond motifs is 3. The third kappa shape index (κ3) is 1.75. The van der Waals surface area contributed by atoms with Gasteiger partial charge in [0.15, 0.2) is 0 Å². The Hall–Kier alpha value is -1.81. The summed E-state index contributed by atoms with van der Waals surface area (Å²) < 4.78 is 5.91. The molecule has 2 aromatic rings. The van der Waals surface area contributed by atoms with Crippen LogP contribution in [0.1, 0.15) is 12.8 Å². The molecule has 2 atom stereocenters. The highest BCUT2D eigenvalue weighted by Gasteiger charge is 2.34. The number of rotatable bonds is 1. The average molecular weight is 255 g/mol. The Morgan fingerprint density at radius 2 is 1.89 bits per heavy atom. The summed E-state index contributed by atoms with van der Waals surface area (Å²) in [5, 5.41) is 2.23. The normalized spacial score (nSPS) is 26.0. The fraction of sp³-hybridized carbons (Fsp3) is 0.400. The number of pyridine rings is 1. The molecule has 4 rings (SSSR count). The van der Waals surface area contributed by atoms with Gasteiger partial charge in [0.25, 0.3) is 0 Å². The molecule has 2 fully saturated rings. The lowest BCUT2D eigenvalue weighted by Crippen LogP contribution is -2.42. The zero-order valence-corrected chi connectivity index (χ0v) is 10.7. The van der Waals surface area contributed by atoms with E-state index in [9.17, 15) is 0 Å². The molecule has 0 spiro atoms. The predicted octanol–water partition coefficient (Wildman–Crippen LogP) is 2.18. The molecule has 19 heavy (non-hydrogen) atoms. The number of ether oxygens (including phenoxy) is 1. The van der Waals surface area contributed by atoms with E-state index >= 15 is 0 Å². The van der Waals surface area contributed by atoms with Crippen LogP contribution in [0.4, 0.5) is 11.4 Å². The fourth-order valence-electron chi connectivity index (χ4n) is 3.28. The largest absolute Gasteiger partial charge is 0.398 e. The van der Waals surface area contributed by atoms with Gasteiger partial charge in [-0.25, -0.2) is 0 Å². The number of nitrogens with two attached hydrogens (primary N) is 1. The molecular weight excluding hydrogens is 238 g/mol. The number of hydrogen-bond acceptors (Lipinski definition) is 4. The van der Waals surface area contributed by atoms with Crippen molar-refractivity contribution in [1.82, 2.24) is 4.98 Å². The molecule has 0 aliphatic carbocycles. The number of anilines is 2. The first-order valence-electron chi connectivity index (χ1n) is 6.84. The van der Waals surface area contributed by atoms with Crippen molar-refractivity contribution in [2.45, 2.75) is 25.0 Å². The molecule has 1 aromatic carbocycles. The molecule has 98 valence electrons. The molecule has 0 amide bonds. The maximum Gasteiger partial charge on any atom is 0.0755 e. The van der Waals surface area contributed by atoms with Crippen molar-refractivity contribution in [3.8, 4) is 0 Å². The smallest absolute Gasteiger partial charge is 0.0755 e. The molecule has 0 radical (unpaired) electrons. The van der Waals surface area contributed by atoms with Crippen LogP contribution in [0.3, 0.4) is 0 Å². The van der Waals surface area contributed by atoms with Gasteiger partial charge >= 0.3 is 0 Å². The predicted molar refractivity (Wildman–Crippen MR) is 76.3 cm³/mol. The van der Waals surface area contributed by atoms with E-state index in [-0.39, 0.29) is 0 Å². The van der Waals surface area contributed by atoms with E-state index in [1.165, 1.54) is 23.9 Å². The van der Waals surface area contributed by atoms with Gasteiger partial charge in [-0.2, -0.15) is 0 Å². The summed E-state index contributed by atoms with van der Waals surface area (Å²) in [6.45, 7) is 1.97. The average Bonchev–Trinajstić information content (AvgIpc) is 2.78. The SMILES string of the molecule is Nc1ccc(N2CC3CCC(C2)O3)c2ccncc12. The van der Waals surface area contributed by atoms with Crippen LogP contribution < -0.4 is 10.6 Å². The maximum absolute atomic E-state index is 6.04. The van der Waals surface area contributed by atoms with Crippen molar-refractivity contribution in [2.75, 3.05) is 23.7 Å². The minimum Gasteiger partial charge on any atom is -0.398 e. The van der Waals surface area contributed by atoms with Gasteiger partial charge in [0.1, 0.15) is 0 Å². The molecule has 4 heteroatoms. The van der Waals surface area contributed by atoms with E-state index in [1.807, 2.05) is 18.5 Å². The Bertz CT molecular complexity index is 616. The highest BCUT2D eigenvalue weighted by atomic mass is 16.5. The first kappa shape index (κ1) is 11.1. The zero-order valence-electron chi connectivity index (χ0n) is 10.7. The Kier molecular flexibility index (Phi) is 2.38. The lowest BCUT2D eigenvalue weighted by molar-refractivity contribution is 0.0306. The molecule has 4 nitrogen and oxygen atoms in total. The summed E-state index contributed by atoms with van der Waals surface area (Å²) in [7, 11) is 0. The molecule has 1 aromatic heterocycles. The quantitative estimate of drug-likeness (QED) is 0.794. The van der Waals surface area contributed by atoms with Crippen LogP contribution in [0, 0.1) is 0 Å². The monoisotopic (exact) mass is 255 g/mol. The number of morpholine rings is 1. The topological polar surface area (TPSA) is 51.4 Å². The van der Waals surface area contributed by atoms with Gasteiger partial charge < -0.3 is 15.4 Å². The first-order chi connectivity index (χ1) is 9.31. The molecule has 2 aliphatic heterocycles. The molecule has 2 saturated heterocycles. The molecule has 2 N–H and O–H groups in total. The van der Waals surface area contributed by atoms with Crippen molar-refractivity contribution in [2.24, 2.45) is 0 Å². The van der Waals surface area contributed by atoms with E-state index in [0.29, 0.717) is 12.2 Å². The van der Waals surface area contributed by atoms with Crippen LogP contribution in [0.5, 0.6) is 0 Å². The van der Waals surface area contributed by atoms with Crippen molar-refractivity contribution < 1.29 is 4.74 Å². The molecule has 2 unspecified atom stereocenters. The summed E-state index contributed by atoms with van der Waals surface area (Å²) in [5.41, 5.74) is 8.09. The van der Waals surface area contributed by atoms with Gasteiger partial charge in [0.05, 0.1) is 12.2 Å². The molecule has 3 heterocycles. The lowest BCUT2D eigenvalue weighted by Gasteiger charge is -2.34. The minimum atomic E-state index is 0.396. The molecule has 2 bridgehead atoms. The number of benzene rings is 1. The molecule has 2 aliphatic rings. The highest BCUT2D eigenvalue weighted by Crippen LogP contribution is 2.35. The van der Waals surface area contributed by atoms with E-state index in [4.69, 9.17) is 10.5 Å². The van der Waals surface area contributed by atoms with Crippen molar-refractivity contribution in [3.05, 3.63) is 30.6 Å². The van der Waals surface area contributed by atoms with Crippen LogP contribution in [-0.2, 0) is 4.74 Å². The summed E-state index contributed by atoms with van der Waals surface area (Å²) in [6.07, 6.45) is 6.86. The Labute approximate surface area is 112 Å². The van der Waals surface area contributed by atoms with E-state index in [2.05, 4.69) is 22.0 Å². The van der Waals surface area contributed by atoms with E-state index in [0.717, 1.165) is 24.2 Å². The third-order valence-electron chi connectivity index (χ3n) is 4.21. The standard InChI is InChI=1S/C15H17N3O/c16-14-3-4-15(12-5-6-17-7-13(12)14)18-8-10-1-2-11(9-18)19-10/h3-7,10-11H,1-2,8-9,16H2. The summed E-state index contributed by atoms with van der Waals surface area (Å²) in [5.74, 6) is 0. The van der Waals surface area contributed by atoms with E-state index in [1.54, 1.807) is 0 Å². The number of nitrogen functional groups attached to an aromatic ring is 1. The second kappa shape index (κ2) is 4.10. The second-order valence-corrected chi connectivity index (χ2v) is 5.46. The van der Waals surface area contributed by atoms with Crippen LogP contribution >= 0.6 is 0 Å². The first-order valence-corrected chi connectivity index (χ1v) is 6.84. The van der Waals surface area contributed by atoms with Gasteiger partial charge in [0.2, 0.25) is 0 Å². The Morgan fingerprint density at radius 1 is 1.11 bits per heavy atom. The van der Waals surface area contributed by atoms with Crippen molar-refractivity contribution in [3.63, 3.8) is 0 Å². The van der Waals surface area contributed by atoms with Crippen molar-refractivity contribution in [1.29, 1.82) is 0 Å². The van der Waals surface area contributed by atoms with Crippen molar-refractivity contribution >= 4 is 22.1 Å². The summed E-state index contributed by atoms with van der Waals surface area (Å²) in [4.78, 5) is 6.62.